The summed E-state index contributed by atoms with van der Waals surface area (Å²) in [6, 6.07) is 0.107. The molecule has 1 fully saturated rings. The van der Waals surface area contributed by atoms with Crippen LogP contribution in [0.15, 0.2) is 4.90 Å². The highest BCUT2D eigenvalue weighted by Crippen LogP contribution is 2.34. The minimum absolute atomic E-state index is 0.0149. The first-order valence-corrected chi connectivity index (χ1v) is 8.24. The molecule has 6 nitrogen and oxygen atoms in total. The van der Waals surface area contributed by atoms with Crippen LogP contribution in [0.2, 0.25) is 0 Å². The van der Waals surface area contributed by atoms with Crippen molar-refractivity contribution < 1.29 is 13.2 Å². The van der Waals surface area contributed by atoms with E-state index in [2.05, 4.69) is 9.69 Å². The van der Waals surface area contributed by atoms with Gasteiger partial charge in [0, 0.05) is 6.61 Å². The third kappa shape index (κ3) is 2.45. The maximum Gasteiger partial charge on any atom is 0.184 e. The molecule has 2 heterocycles. The van der Waals surface area contributed by atoms with Crippen molar-refractivity contribution in [1.29, 1.82) is 0 Å². The summed E-state index contributed by atoms with van der Waals surface area (Å²) < 4.78 is 33.3. The first-order valence-electron chi connectivity index (χ1n) is 5.81. The molecule has 0 amide bonds. The van der Waals surface area contributed by atoms with Gasteiger partial charge in [-0.2, -0.15) is 4.37 Å². The lowest BCUT2D eigenvalue weighted by molar-refractivity contribution is 0.121. The highest BCUT2D eigenvalue weighted by Gasteiger charge is 2.29. The van der Waals surface area contributed by atoms with Crippen LogP contribution in [0.1, 0.15) is 20.3 Å². The molecule has 8 heteroatoms. The van der Waals surface area contributed by atoms with Gasteiger partial charge in [-0.1, -0.05) is 6.92 Å². The molecule has 0 bridgehead atoms. The Morgan fingerprint density at radius 3 is 2.89 bits per heavy atom. The average molecular weight is 291 g/mol. The fourth-order valence-electron chi connectivity index (χ4n) is 1.92. The molecule has 1 aliphatic heterocycles. The zero-order valence-corrected chi connectivity index (χ0v) is 12.0. The van der Waals surface area contributed by atoms with E-state index in [1.165, 1.54) is 0 Å². The highest BCUT2D eigenvalue weighted by molar-refractivity contribution is 7.91. The summed E-state index contributed by atoms with van der Waals surface area (Å²) in [4.78, 5) is 0.133. The number of nitrogens with zero attached hydrogens (tertiary/aromatic N) is 1. The summed E-state index contributed by atoms with van der Waals surface area (Å²) >= 11 is 1.09. The Morgan fingerprint density at radius 1 is 1.61 bits per heavy atom. The van der Waals surface area contributed by atoms with Crippen molar-refractivity contribution in [2.75, 3.05) is 23.4 Å². The number of nitrogens with two attached hydrogens (primary N) is 1. The van der Waals surface area contributed by atoms with Gasteiger partial charge in [0.05, 0.1) is 17.9 Å². The van der Waals surface area contributed by atoms with Crippen LogP contribution in [-0.2, 0) is 14.6 Å². The van der Waals surface area contributed by atoms with Crippen LogP contribution >= 0.6 is 11.5 Å². The molecule has 0 aliphatic carbocycles. The number of hydrogen-bond donors (Lipinski definition) is 2. The van der Waals surface area contributed by atoms with Gasteiger partial charge in [-0.15, -0.1) is 0 Å². The third-order valence-corrected chi connectivity index (χ3v) is 5.78. The van der Waals surface area contributed by atoms with Gasteiger partial charge in [0.1, 0.15) is 9.90 Å². The monoisotopic (exact) mass is 291 g/mol. The van der Waals surface area contributed by atoms with Gasteiger partial charge in [0.25, 0.3) is 0 Å². The first kappa shape index (κ1) is 13.6. The predicted octanol–water partition coefficient (Wildman–Crippen LogP) is 1.11. The SMILES string of the molecule is CCS(=O)(=O)c1c(N)nsc1NC1CCOC1C. The first-order chi connectivity index (χ1) is 8.45. The summed E-state index contributed by atoms with van der Waals surface area (Å²) in [6.07, 6.45) is 0.912. The second kappa shape index (κ2) is 5.02. The van der Waals surface area contributed by atoms with E-state index in [9.17, 15) is 8.42 Å². The zero-order valence-electron chi connectivity index (χ0n) is 10.3. The van der Waals surface area contributed by atoms with Crippen molar-refractivity contribution in [1.82, 2.24) is 4.37 Å². The van der Waals surface area contributed by atoms with E-state index in [4.69, 9.17) is 10.5 Å². The zero-order chi connectivity index (χ0) is 13.3. The number of ether oxygens (including phenoxy) is 1. The van der Waals surface area contributed by atoms with E-state index >= 15 is 0 Å². The number of aromatic nitrogens is 1. The van der Waals surface area contributed by atoms with Crippen LogP contribution in [0.5, 0.6) is 0 Å². The number of rotatable bonds is 4. The molecule has 2 unspecified atom stereocenters. The summed E-state index contributed by atoms with van der Waals surface area (Å²) in [6.45, 7) is 4.24. The van der Waals surface area contributed by atoms with Gasteiger partial charge in [-0.3, -0.25) is 0 Å². The average Bonchev–Trinajstić information content (AvgIpc) is 2.87. The molecule has 0 saturated carbocycles. The highest BCUT2D eigenvalue weighted by atomic mass is 32.2. The van der Waals surface area contributed by atoms with Gasteiger partial charge in [0.2, 0.25) is 0 Å². The summed E-state index contributed by atoms with van der Waals surface area (Å²) in [7, 11) is -3.36. The lowest BCUT2D eigenvalue weighted by atomic mass is 10.2. The van der Waals surface area contributed by atoms with Crippen molar-refractivity contribution in [3.63, 3.8) is 0 Å². The second-order valence-electron chi connectivity index (χ2n) is 4.24. The minimum Gasteiger partial charge on any atom is -0.382 e. The van der Waals surface area contributed by atoms with Crippen molar-refractivity contribution >= 4 is 32.2 Å². The van der Waals surface area contributed by atoms with E-state index in [1.54, 1.807) is 6.92 Å². The second-order valence-corrected chi connectivity index (χ2v) is 7.23. The van der Waals surface area contributed by atoms with E-state index < -0.39 is 9.84 Å². The predicted molar refractivity (Wildman–Crippen MR) is 71.7 cm³/mol. The van der Waals surface area contributed by atoms with Gasteiger partial charge in [0.15, 0.2) is 15.7 Å². The van der Waals surface area contributed by atoms with E-state index in [-0.39, 0.29) is 28.6 Å². The Labute approximate surface area is 111 Å². The quantitative estimate of drug-likeness (QED) is 0.863. The van der Waals surface area contributed by atoms with Crippen LogP contribution in [-0.4, -0.2) is 37.3 Å². The summed E-state index contributed by atoms with van der Waals surface area (Å²) in [5.74, 6) is 0.0944. The molecular formula is C10H17N3O3S2. The molecule has 0 spiro atoms. The lowest BCUT2D eigenvalue weighted by Gasteiger charge is -2.16. The lowest BCUT2D eigenvalue weighted by Crippen LogP contribution is -2.27. The molecule has 1 saturated heterocycles. The van der Waals surface area contributed by atoms with Crippen molar-refractivity contribution in [2.45, 2.75) is 37.3 Å². The maximum absolute atomic E-state index is 12.0. The standard InChI is InChI=1S/C10H17N3O3S2/c1-3-18(14,15)8-9(11)13-17-10(8)12-7-4-5-16-6(7)2/h6-7,12H,3-5H2,1-2H3,(H2,11,13). The Kier molecular flexibility index (Phi) is 3.79. The maximum atomic E-state index is 12.0. The number of nitrogens with one attached hydrogen (secondary N) is 1. The van der Waals surface area contributed by atoms with E-state index in [0.29, 0.717) is 11.6 Å². The number of sulfone groups is 1. The van der Waals surface area contributed by atoms with E-state index in [0.717, 1.165) is 18.0 Å². The number of nitrogen functional groups attached to an aromatic ring is 1. The molecule has 0 radical (unpaired) electrons. The molecule has 2 atom stereocenters. The largest absolute Gasteiger partial charge is 0.382 e. The van der Waals surface area contributed by atoms with Crippen molar-refractivity contribution in [3.05, 3.63) is 0 Å². The molecule has 3 N–H and O–H groups in total. The molecule has 1 aromatic heterocycles. The molecular weight excluding hydrogens is 274 g/mol. The van der Waals surface area contributed by atoms with Gasteiger partial charge in [-0.05, 0) is 24.9 Å². The van der Waals surface area contributed by atoms with Crippen molar-refractivity contribution in [2.24, 2.45) is 0 Å². The summed E-state index contributed by atoms with van der Waals surface area (Å²) in [5.41, 5.74) is 5.66. The number of anilines is 2. The fraction of sp³-hybridized carbons (Fsp3) is 0.700. The molecule has 1 aliphatic rings. The van der Waals surface area contributed by atoms with Gasteiger partial charge < -0.3 is 15.8 Å². The van der Waals surface area contributed by atoms with Crippen LogP contribution in [0.3, 0.4) is 0 Å². The smallest absolute Gasteiger partial charge is 0.184 e. The van der Waals surface area contributed by atoms with Crippen LogP contribution in [0, 0.1) is 0 Å². The molecule has 18 heavy (non-hydrogen) atoms. The van der Waals surface area contributed by atoms with Crippen LogP contribution in [0.4, 0.5) is 10.8 Å². The third-order valence-electron chi connectivity index (χ3n) is 3.06. The summed E-state index contributed by atoms with van der Waals surface area (Å²) in [5, 5.41) is 3.72. The fourth-order valence-corrected chi connectivity index (χ4v) is 4.14. The van der Waals surface area contributed by atoms with Gasteiger partial charge in [-0.25, -0.2) is 8.42 Å². The Balaban J connectivity index is 2.29. The minimum atomic E-state index is -3.36. The Hall–Kier alpha value is -0.860. The van der Waals surface area contributed by atoms with Gasteiger partial charge >= 0.3 is 0 Å². The normalized spacial score (nSPS) is 24.3. The van der Waals surface area contributed by atoms with Crippen LogP contribution < -0.4 is 11.1 Å². The topological polar surface area (TPSA) is 94.3 Å². The van der Waals surface area contributed by atoms with Crippen molar-refractivity contribution in [3.8, 4) is 0 Å². The molecule has 0 aromatic carbocycles. The molecule has 2 rings (SSSR count). The Morgan fingerprint density at radius 2 is 2.33 bits per heavy atom. The van der Waals surface area contributed by atoms with E-state index in [1.807, 2.05) is 6.92 Å². The molecule has 1 aromatic rings. The Bertz CT molecular complexity index is 526. The molecule has 102 valence electrons. The number of hydrogen-bond acceptors (Lipinski definition) is 7. The van der Waals surface area contributed by atoms with Crippen LogP contribution in [0.25, 0.3) is 0 Å².